The first-order valence-corrected chi connectivity index (χ1v) is 4.95. The minimum Gasteiger partial charge on any atom is -0.251 e. The molecule has 0 bridgehead atoms. The Labute approximate surface area is 84.9 Å². The molecule has 0 aliphatic rings. The molecule has 0 aliphatic heterocycles. The molecule has 3 heteroatoms. The molecule has 1 aromatic rings. The van der Waals surface area contributed by atoms with Crippen LogP contribution in [-0.4, -0.2) is 9.78 Å². The Hall–Kier alpha value is -0.500. The van der Waals surface area contributed by atoms with E-state index in [1.165, 1.54) is 0 Å². The zero-order chi connectivity index (χ0) is 10.2. The van der Waals surface area contributed by atoms with Gasteiger partial charge in [-0.2, -0.15) is 5.10 Å². The van der Waals surface area contributed by atoms with Crippen molar-refractivity contribution in [2.24, 2.45) is 0 Å². The maximum absolute atomic E-state index is 6.05. The van der Waals surface area contributed by atoms with Crippen LogP contribution in [0.25, 0.3) is 0 Å². The summed E-state index contributed by atoms with van der Waals surface area (Å²) in [6.07, 6.45) is 0. The van der Waals surface area contributed by atoms with E-state index >= 15 is 0 Å². The van der Waals surface area contributed by atoms with Gasteiger partial charge in [-0.3, -0.25) is 4.68 Å². The minimum atomic E-state index is 0.0732. The Morgan fingerprint density at radius 2 is 1.92 bits per heavy atom. The zero-order valence-electron chi connectivity index (χ0n) is 8.93. The molecule has 74 valence electrons. The average Bonchev–Trinajstić information content (AvgIpc) is 2.29. The summed E-state index contributed by atoms with van der Waals surface area (Å²) in [5, 5.41) is 5.19. The molecule has 2 nitrogen and oxygen atoms in total. The first-order chi connectivity index (χ1) is 5.82. The Morgan fingerprint density at radius 1 is 1.38 bits per heavy atom. The van der Waals surface area contributed by atoms with Crippen LogP contribution in [0.3, 0.4) is 0 Å². The second kappa shape index (κ2) is 3.33. The Bertz CT molecular complexity index is 294. The van der Waals surface area contributed by atoms with Crippen molar-refractivity contribution in [2.45, 2.75) is 46.1 Å². The van der Waals surface area contributed by atoms with Gasteiger partial charge in [-0.15, -0.1) is 0 Å². The van der Waals surface area contributed by atoms with Crippen molar-refractivity contribution in [3.05, 3.63) is 16.9 Å². The summed E-state index contributed by atoms with van der Waals surface area (Å²) >= 11 is 6.05. The molecule has 0 unspecified atom stereocenters. The van der Waals surface area contributed by atoms with Crippen molar-refractivity contribution in [3.63, 3.8) is 0 Å². The topological polar surface area (TPSA) is 17.8 Å². The van der Waals surface area contributed by atoms with Crippen molar-refractivity contribution in [1.82, 2.24) is 9.78 Å². The molecule has 1 aromatic heterocycles. The summed E-state index contributed by atoms with van der Waals surface area (Å²) in [7, 11) is 0. The van der Waals surface area contributed by atoms with Gasteiger partial charge in [0.1, 0.15) is 5.15 Å². The summed E-state index contributed by atoms with van der Waals surface area (Å²) in [6, 6.07) is 2.27. The van der Waals surface area contributed by atoms with E-state index in [0.717, 1.165) is 10.8 Å². The number of aromatic nitrogens is 2. The van der Waals surface area contributed by atoms with Gasteiger partial charge < -0.3 is 0 Å². The predicted octanol–water partition coefficient (Wildman–Crippen LogP) is 3.41. The lowest BCUT2D eigenvalue weighted by Gasteiger charge is -2.14. The largest absolute Gasteiger partial charge is 0.251 e. The van der Waals surface area contributed by atoms with Gasteiger partial charge in [-0.05, 0) is 19.9 Å². The lowest BCUT2D eigenvalue weighted by molar-refractivity contribution is 0.495. The van der Waals surface area contributed by atoms with Crippen LogP contribution in [0.2, 0.25) is 5.15 Å². The Morgan fingerprint density at radius 3 is 2.15 bits per heavy atom. The SMILES string of the molecule is CC(C)n1nc(C(C)(C)C)cc1Cl. The van der Waals surface area contributed by atoms with E-state index in [1.807, 2.05) is 10.7 Å². The third-order valence-electron chi connectivity index (χ3n) is 1.95. The highest BCUT2D eigenvalue weighted by Crippen LogP contribution is 2.25. The van der Waals surface area contributed by atoms with Gasteiger partial charge in [0.05, 0.1) is 5.69 Å². The van der Waals surface area contributed by atoms with Gasteiger partial charge in [-0.1, -0.05) is 32.4 Å². The summed E-state index contributed by atoms with van der Waals surface area (Å²) < 4.78 is 1.85. The number of hydrogen-bond donors (Lipinski definition) is 0. The molecule has 0 fully saturated rings. The van der Waals surface area contributed by atoms with Gasteiger partial charge in [0.25, 0.3) is 0 Å². The monoisotopic (exact) mass is 200 g/mol. The van der Waals surface area contributed by atoms with Crippen molar-refractivity contribution in [1.29, 1.82) is 0 Å². The molecule has 0 saturated carbocycles. The van der Waals surface area contributed by atoms with Gasteiger partial charge in [0, 0.05) is 11.5 Å². The predicted molar refractivity (Wildman–Crippen MR) is 56.3 cm³/mol. The van der Waals surface area contributed by atoms with Crippen LogP contribution in [0.4, 0.5) is 0 Å². The summed E-state index contributed by atoms with van der Waals surface area (Å²) in [5.41, 5.74) is 1.12. The molecule has 0 spiro atoms. The third kappa shape index (κ3) is 2.25. The van der Waals surface area contributed by atoms with Gasteiger partial charge in [0.15, 0.2) is 0 Å². The first-order valence-electron chi connectivity index (χ1n) is 4.58. The lowest BCUT2D eigenvalue weighted by atomic mass is 9.93. The fraction of sp³-hybridized carbons (Fsp3) is 0.700. The van der Waals surface area contributed by atoms with Gasteiger partial charge in [-0.25, -0.2) is 0 Å². The van der Waals surface area contributed by atoms with E-state index in [1.54, 1.807) is 0 Å². The molecule has 0 saturated heterocycles. The number of rotatable bonds is 1. The highest BCUT2D eigenvalue weighted by molar-refractivity contribution is 6.29. The van der Waals surface area contributed by atoms with Gasteiger partial charge >= 0.3 is 0 Å². The average molecular weight is 201 g/mol. The van der Waals surface area contributed by atoms with Crippen molar-refractivity contribution >= 4 is 11.6 Å². The van der Waals surface area contributed by atoms with E-state index in [4.69, 9.17) is 11.6 Å². The van der Waals surface area contributed by atoms with E-state index in [2.05, 4.69) is 39.7 Å². The molecular formula is C10H17ClN2. The standard InChI is InChI=1S/C10H17ClN2/c1-7(2)13-9(11)6-8(12-13)10(3,4)5/h6-7H,1-5H3. The van der Waals surface area contributed by atoms with E-state index in [0.29, 0.717) is 6.04 Å². The van der Waals surface area contributed by atoms with Crippen LogP contribution >= 0.6 is 11.6 Å². The van der Waals surface area contributed by atoms with Crippen molar-refractivity contribution in [2.75, 3.05) is 0 Å². The Balaban J connectivity index is 3.10. The number of hydrogen-bond acceptors (Lipinski definition) is 1. The second-order valence-corrected chi connectivity index (χ2v) is 5.03. The molecular weight excluding hydrogens is 184 g/mol. The highest BCUT2D eigenvalue weighted by Gasteiger charge is 2.19. The lowest BCUT2D eigenvalue weighted by Crippen LogP contribution is -2.13. The van der Waals surface area contributed by atoms with Crippen LogP contribution in [0, 0.1) is 0 Å². The summed E-state index contributed by atoms with van der Waals surface area (Å²) in [4.78, 5) is 0. The van der Waals surface area contributed by atoms with Gasteiger partial charge in [0.2, 0.25) is 0 Å². The summed E-state index contributed by atoms with van der Waals surface area (Å²) in [5.74, 6) is 0. The highest BCUT2D eigenvalue weighted by atomic mass is 35.5. The molecule has 0 radical (unpaired) electrons. The third-order valence-corrected chi connectivity index (χ3v) is 2.23. The maximum Gasteiger partial charge on any atom is 0.127 e. The fourth-order valence-corrected chi connectivity index (χ4v) is 1.44. The molecule has 0 amide bonds. The van der Waals surface area contributed by atoms with E-state index in [-0.39, 0.29) is 5.41 Å². The fourth-order valence-electron chi connectivity index (χ4n) is 1.10. The first kappa shape index (κ1) is 10.6. The number of halogens is 1. The molecule has 0 atom stereocenters. The summed E-state index contributed by atoms with van der Waals surface area (Å²) in [6.45, 7) is 10.6. The van der Waals surface area contributed by atoms with Crippen LogP contribution in [-0.2, 0) is 5.41 Å². The smallest absolute Gasteiger partial charge is 0.127 e. The quantitative estimate of drug-likeness (QED) is 0.680. The molecule has 1 heterocycles. The normalized spacial score (nSPS) is 12.5. The van der Waals surface area contributed by atoms with Crippen LogP contribution in [0.1, 0.15) is 46.4 Å². The molecule has 1 rings (SSSR count). The Kier molecular flexibility index (Phi) is 2.71. The molecule has 0 aliphatic carbocycles. The minimum absolute atomic E-state index is 0.0732. The maximum atomic E-state index is 6.05. The van der Waals surface area contributed by atoms with E-state index in [9.17, 15) is 0 Å². The molecule has 0 aromatic carbocycles. The van der Waals surface area contributed by atoms with E-state index < -0.39 is 0 Å². The van der Waals surface area contributed by atoms with Crippen LogP contribution in [0.5, 0.6) is 0 Å². The second-order valence-electron chi connectivity index (χ2n) is 4.64. The molecule has 0 N–H and O–H groups in total. The molecule has 13 heavy (non-hydrogen) atoms. The van der Waals surface area contributed by atoms with Crippen LogP contribution in [0.15, 0.2) is 6.07 Å². The van der Waals surface area contributed by atoms with Crippen molar-refractivity contribution in [3.8, 4) is 0 Å². The van der Waals surface area contributed by atoms with Crippen LogP contribution < -0.4 is 0 Å². The number of nitrogens with zero attached hydrogens (tertiary/aromatic N) is 2. The zero-order valence-corrected chi connectivity index (χ0v) is 9.68. The van der Waals surface area contributed by atoms with Crippen molar-refractivity contribution < 1.29 is 0 Å².